The van der Waals surface area contributed by atoms with Gasteiger partial charge >= 0.3 is 0 Å². The molecule has 134 valence electrons. The minimum Gasteiger partial charge on any atom is -0.378 e. The molecular formula is C18H24N4O2S. The summed E-state index contributed by atoms with van der Waals surface area (Å²) in [4.78, 5) is 22.6. The molecule has 25 heavy (non-hydrogen) atoms. The molecule has 0 unspecified atom stereocenters. The van der Waals surface area contributed by atoms with Gasteiger partial charge in [-0.2, -0.15) is 0 Å². The maximum atomic E-state index is 12.4. The zero-order valence-corrected chi connectivity index (χ0v) is 15.3. The summed E-state index contributed by atoms with van der Waals surface area (Å²) in [5.41, 5.74) is 3.15. The van der Waals surface area contributed by atoms with Crippen LogP contribution in [0.15, 0.2) is 23.4 Å². The summed E-state index contributed by atoms with van der Waals surface area (Å²) in [6, 6.07) is 6.54. The first-order chi connectivity index (χ1) is 12.2. The van der Waals surface area contributed by atoms with E-state index >= 15 is 0 Å². The fraction of sp³-hybridized carbons (Fsp3) is 0.556. The number of likely N-dealkylation sites (tertiary alicyclic amines) is 1. The van der Waals surface area contributed by atoms with E-state index in [9.17, 15) is 4.79 Å². The molecule has 6 nitrogen and oxygen atoms in total. The van der Waals surface area contributed by atoms with E-state index in [0.717, 1.165) is 35.9 Å². The van der Waals surface area contributed by atoms with E-state index in [0.29, 0.717) is 18.4 Å². The van der Waals surface area contributed by atoms with Crippen molar-refractivity contribution in [3.8, 4) is 0 Å². The number of imidazole rings is 1. The van der Waals surface area contributed by atoms with Crippen LogP contribution in [0, 0.1) is 6.92 Å². The molecule has 3 heterocycles. The minimum absolute atomic E-state index is 0.0429. The van der Waals surface area contributed by atoms with Crippen LogP contribution in [0.25, 0.3) is 11.0 Å². The third kappa shape index (κ3) is 3.83. The number of hydrogen-bond donors (Lipinski definition) is 2. The number of ether oxygens (including phenoxy) is 1. The van der Waals surface area contributed by atoms with Gasteiger partial charge in [-0.15, -0.1) is 0 Å². The molecule has 2 aliphatic rings. The average Bonchev–Trinajstić information content (AvgIpc) is 3.32. The van der Waals surface area contributed by atoms with Crippen LogP contribution in [-0.2, 0) is 9.53 Å². The number of hydrogen-bond acceptors (Lipinski definition) is 5. The number of rotatable bonds is 5. The van der Waals surface area contributed by atoms with Crippen LogP contribution in [0.5, 0.6) is 0 Å². The van der Waals surface area contributed by atoms with Crippen LogP contribution in [0.2, 0.25) is 0 Å². The van der Waals surface area contributed by atoms with Gasteiger partial charge in [-0.05, 0) is 50.6 Å². The number of benzene rings is 1. The van der Waals surface area contributed by atoms with Crippen molar-refractivity contribution < 1.29 is 9.53 Å². The fourth-order valence-electron chi connectivity index (χ4n) is 3.66. The van der Waals surface area contributed by atoms with Gasteiger partial charge in [0.25, 0.3) is 0 Å². The third-order valence-corrected chi connectivity index (χ3v) is 5.84. The van der Waals surface area contributed by atoms with Crippen LogP contribution in [0.4, 0.5) is 0 Å². The Morgan fingerprint density at radius 2 is 2.24 bits per heavy atom. The molecule has 0 saturated carbocycles. The first kappa shape index (κ1) is 16.9. The van der Waals surface area contributed by atoms with E-state index in [2.05, 4.69) is 33.2 Å². The lowest BCUT2D eigenvalue weighted by Crippen LogP contribution is -2.50. The second-order valence-electron chi connectivity index (χ2n) is 6.87. The Hall–Kier alpha value is -1.57. The lowest BCUT2D eigenvalue weighted by atomic mass is 10.1. The second kappa shape index (κ2) is 7.35. The summed E-state index contributed by atoms with van der Waals surface area (Å²) in [7, 11) is 0. The molecule has 7 heteroatoms. The predicted octanol–water partition coefficient (Wildman–Crippen LogP) is 1.94. The monoisotopic (exact) mass is 360 g/mol. The first-order valence-electron chi connectivity index (χ1n) is 8.89. The van der Waals surface area contributed by atoms with Gasteiger partial charge in [0.2, 0.25) is 5.91 Å². The van der Waals surface area contributed by atoms with Gasteiger partial charge in [-0.3, -0.25) is 9.69 Å². The largest absolute Gasteiger partial charge is 0.378 e. The van der Waals surface area contributed by atoms with E-state index in [1.54, 1.807) is 0 Å². The molecule has 0 spiro atoms. The molecule has 4 rings (SSSR count). The molecule has 1 aromatic heterocycles. The maximum Gasteiger partial charge on any atom is 0.230 e. The number of H-pyrrole nitrogens is 1. The van der Waals surface area contributed by atoms with Gasteiger partial charge in [0.05, 0.1) is 42.1 Å². The number of carbonyl (C=O) groups is 1. The standard InChI is InChI=1S/C18H24N4O2S/c1-12-4-5-13-14(8-12)21-18(20-13)25-11-17(23)19-15-9-24-10-16(15)22-6-2-3-7-22/h4-5,8,15-16H,2-3,6-7,9-11H2,1H3,(H,19,23)(H,20,21)/t15-,16-/m0/s1. The van der Waals surface area contributed by atoms with Crippen LogP contribution < -0.4 is 5.32 Å². The fourth-order valence-corrected chi connectivity index (χ4v) is 4.36. The van der Waals surface area contributed by atoms with Crippen LogP contribution in [-0.4, -0.2) is 64.9 Å². The Labute approximate surface area is 151 Å². The lowest BCUT2D eigenvalue weighted by molar-refractivity contribution is -0.119. The number of nitrogens with zero attached hydrogens (tertiary/aromatic N) is 2. The van der Waals surface area contributed by atoms with E-state index < -0.39 is 0 Å². The highest BCUT2D eigenvalue weighted by molar-refractivity contribution is 7.99. The van der Waals surface area contributed by atoms with E-state index in [4.69, 9.17) is 4.74 Å². The first-order valence-corrected chi connectivity index (χ1v) is 9.88. The Morgan fingerprint density at radius 3 is 3.08 bits per heavy atom. The van der Waals surface area contributed by atoms with Crippen LogP contribution >= 0.6 is 11.8 Å². The van der Waals surface area contributed by atoms with Crippen LogP contribution in [0.3, 0.4) is 0 Å². The number of aromatic amines is 1. The summed E-state index contributed by atoms with van der Waals surface area (Å²) in [5.74, 6) is 0.406. The Kier molecular flexibility index (Phi) is 4.96. The zero-order chi connectivity index (χ0) is 17.2. The second-order valence-corrected chi connectivity index (χ2v) is 7.84. The highest BCUT2D eigenvalue weighted by Gasteiger charge is 2.35. The van der Waals surface area contributed by atoms with Crippen molar-refractivity contribution in [3.63, 3.8) is 0 Å². The van der Waals surface area contributed by atoms with Gasteiger partial charge in [0.15, 0.2) is 5.16 Å². The molecule has 1 aromatic carbocycles. The minimum atomic E-state index is 0.0429. The molecule has 2 aromatic rings. The molecule has 2 N–H and O–H groups in total. The number of aryl methyl sites for hydroxylation is 1. The number of carbonyl (C=O) groups excluding carboxylic acids is 1. The normalized spacial score (nSPS) is 24.2. The molecule has 2 atom stereocenters. The topological polar surface area (TPSA) is 70.2 Å². The Balaban J connectivity index is 1.32. The molecule has 1 amide bonds. The third-order valence-electron chi connectivity index (χ3n) is 4.96. The smallest absolute Gasteiger partial charge is 0.230 e. The molecule has 2 fully saturated rings. The van der Waals surface area contributed by atoms with Crippen LogP contribution in [0.1, 0.15) is 18.4 Å². The summed E-state index contributed by atoms with van der Waals surface area (Å²) in [6.07, 6.45) is 2.50. The number of aromatic nitrogens is 2. The number of thioether (sulfide) groups is 1. The van der Waals surface area contributed by atoms with Crippen molar-refractivity contribution >= 4 is 28.7 Å². The molecular weight excluding hydrogens is 336 g/mol. The zero-order valence-electron chi connectivity index (χ0n) is 14.5. The van der Waals surface area contributed by atoms with Gasteiger partial charge < -0.3 is 15.0 Å². The van der Waals surface area contributed by atoms with Gasteiger partial charge in [0.1, 0.15) is 0 Å². The Bertz CT molecular complexity index is 757. The predicted molar refractivity (Wildman–Crippen MR) is 98.9 cm³/mol. The highest BCUT2D eigenvalue weighted by Crippen LogP contribution is 2.21. The van der Waals surface area contributed by atoms with Crippen molar-refractivity contribution in [1.29, 1.82) is 0 Å². The molecule has 0 bridgehead atoms. The summed E-state index contributed by atoms with van der Waals surface area (Å²) in [5, 5.41) is 3.94. The van der Waals surface area contributed by atoms with Gasteiger partial charge in [-0.1, -0.05) is 17.8 Å². The molecule has 2 aliphatic heterocycles. The van der Waals surface area contributed by atoms with Crippen molar-refractivity contribution in [2.45, 2.75) is 37.0 Å². The van der Waals surface area contributed by atoms with E-state index in [1.807, 2.05) is 12.1 Å². The molecule has 2 saturated heterocycles. The number of fused-ring (bicyclic) bond motifs is 1. The van der Waals surface area contributed by atoms with Gasteiger partial charge in [-0.25, -0.2) is 4.98 Å². The van der Waals surface area contributed by atoms with Crippen molar-refractivity contribution in [3.05, 3.63) is 23.8 Å². The van der Waals surface area contributed by atoms with Crippen molar-refractivity contribution in [2.24, 2.45) is 0 Å². The average molecular weight is 360 g/mol. The summed E-state index contributed by atoms with van der Waals surface area (Å²) < 4.78 is 5.62. The molecule has 0 aliphatic carbocycles. The quantitative estimate of drug-likeness (QED) is 0.798. The SMILES string of the molecule is Cc1ccc2nc(SCC(=O)N[C@H]3COC[C@@H]3N3CCCC3)[nH]c2c1. The number of nitrogens with one attached hydrogen (secondary N) is 2. The molecule has 0 radical (unpaired) electrons. The Morgan fingerprint density at radius 1 is 1.40 bits per heavy atom. The van der Waals surface area contributed by atoms with Crippen molar-refractivity contribution in [1.82, 2.24) is 20.2 Å². The lowest BCUT2D eigenvalue weighted by Gasteiger charge is -2.27. The summed E-state index contributed by atoms with van der Waals surface area (Å²) in [6.45, 7) is 5.63. The maximum absolute atomic E-state index is 12.4. The highest BCUT2D eigenvalue weighted by atomic mass is 32.2. The summed E-state index contributed by atoms with van der Waals surface area (Å²) >= 11 is 1.44. The van der Waals surface area contributed by atoms with Crippen molar-refractivity contribution in [2.75, 3.05) is 32.1 Å². The number of amides is 1. The van der Waals surface area contributed by atoms with Gasteiger partial charge in [0, 0.05) is 0 Å². The van der Waals surface area contributed by atoms with E-state index in [1.165, 1.54) is 30.2 Å². The van der Waals surface area contributed by atoms with E-state index in [-0.39, 0.29) is 11.9 Å².